The van der Waals surface area contributed by atoms with E-state index >= 15 is 0 Å². The Morgan fingerprint density at radius 3 is 2.48 bits per heavy atom. The largest absolute Gasteiger partial charge is 0.488 e. The molecule has 0 bridgehead atoms. The summed E-state index contributed by atoms with van der Waals surface area (Å²) in [7, 11) is 0. The van der Waals surface area contributed by atoms with Crippen molar-refractivity contribution < 1.29 is 9.15 Å². The highest BCUT2D eigenvalue weighted by atomic mass is 79.9. The van der Waals surface area contributed by atoms with Crippen molar-refractivity contribution in [3.63, 3.8) is 0 Å². The molecule has 0 atom stereocenters. The first kappa shape index (κ1) is 27.1. The maximum atomic E-state index is 13.7. The van der Waals surface area contributed by atoms with Crippen LogP contribution in [-0.4, -0.2) is 15.9 Å². The molecule has 0 radical (unpaired) electrons. The van der Waals surface area contributed by atoms with Gasteiger partial charge in [0.25, 0.3) is 5.56 Å². The van der Waals surface area contributed by atoms with Crippen molar-refractivity contribution in [2.45, 2.75) is 6.61 Å². The van der Waals surface area contributed by atoms with E-state index in [1.807, 2.05) is 66.7 Å². The predicted octanol–water partition coefficient (Wildman–Crippen LogP) is 9.32. The Balaban J connectivity index is 1.43. The Kier molecular flexibility index (Phi) is 7.76. The third kappa shape index (κ3) is 5.58. The molecule has 6 aromatic rings. The number of fused-ring (bicyclic) bond motifs is 2. The third-order valence-corrected chi connectivity index (χ3v) is 8.35. The average Bonchev–Trinajstić information content (AvgIpc) is 3.36. The van der Waals surface area contributed by atoms with Crippen molar-refractivity contribution in [1.82, 2.24) is 9.66 Å². The summed E-state index contributed by atoms with van der Waals surface area (Å²) in [6.07, 6.45) is 1.59. The lowest BCUT2D eigenvalue weighted by Crippen LogP contribution is -2.20. The van der Waals surface area contributed by atoms with E-state index < -0.39 is 0 Å². The van der Waals surface area contributed by atoms with Crippen LogP contribution in [0.2, 0.25) is 0 Å². The first-order valence-corrected chi connectivity index (χ1v) is 15.1. The zero-order valence-corrected chi connectivity index (χ0v) is 26.8. The van der Waals surface area contributed by atoms with Gasteiger partial charge in [-0.25, -0.2) is 4.98 Å². The van der Waals surface area contributed by atoms with E-state index in [-0.39, 0.29) is 5.56 Å². The van der Waals surface area contributed by atoms with Crippen molar-refractivity contribution in [2.24, 2.45) is 5.10 Å². The van der Waals surface area contributed by atoms with Gasteiger partial charge in [-0.2, -0.15) is 9.78 Å². The Bertz CT molecular complexity index is 2000. The van der Waals surface area contributed by atoms with Crippen LogP contribution in [0.4, 0.5) is 0 Å². The number of hydrogen-bond acceptors (Lipinski definition) is 5. The molecule has 2 aromatic heterocycles. The van der Waals surface area contributed by atoms with Gasteiger partial charge >= 0.3 is 0 Å². The van der Waals surface area contributed by atoms with Crippen molar-refractivity contribution in [2.75, 3.05) is 0 Å². The molecular formula is C30H17Br4N3O3. The van der Waals surface area contributed by atoms with Crippen molar-refractivity contribution in [3.05, 3.63) is 124 Å². The molecule has 0 unspecified atom stereocenters. The van der Waals surface area contributed by atoms with Crippen molar-refractivity contribution >= 4 is 91.8 Å². The summed E-state index contributed by atoms with van der Waals surface area (Å²) in [5.41, 5.74) is 2.60. The van der Waals surface area contributed by atoms with Gasteiger partial charge in [0.15, 0.2) is 5.76 Å². The van der Waals surface area contributed by atoms with Crippen LogP contribution in [0.15, 0.2) is 117 Å². The van der Waals surface area contributed by atoms with Gasteiger partial charge in [0.05, 0.1) is 17.1 Å². The van der Waals surface area contributed by atoms with E-state index in [0.29, 0.717) is 46.0 Å². The fourth-order valence-electron chi connectivity index (χ4n) is 4.18. The standard InChI is InChI=1S/C30H17Br4N3O3/c31-20-8-10-27-18(11-20)13-28(40-27)29-36-25-4-2-1-3-23(25)30(38)37(29)35-15-19-12-21(32)7-9-26(19)39-16-17-5-6-22(33)14-24(17)34/h1-15H,16H2. The monoisotopic (exact) mass is 783 g/mol. The fourth-order valence-corrected chi connectivity index (χ4v) is 6.10. The number of benzene rings is 4. The van der Waals surface area contributed by atoms with Crippen LogP contribution in [0.3, 0.4) is 0 Å². The molecule has 6 rings (SSSR count). The van der Waals surface area contributed by atoms with Crippen LogP contribution in [-0.2, 0) is 6.61 Å². The highest BCUT2D eigenvalue weighted by molar-refractivity contribution is 9.11. The molecule has 0 saturated carbocycles. The summed E-state index contributed by atoms with van der Waals surface area (Å²) in [6.45, 7) is 0.341. The predicted molar refractivity (Wildman–Crippen MR) is 172 cm³/mol. The molecule has 0 aliphatic rings. The molecule has 198 valence electrons. The first-order chi connectivity index (χ1) is 19.4. The molecule has 6 nitrogen and oxygen atoms in total. The molecule has 10 heteroatoms. The quantitative estimate of drug-likeness (QED) is 0.158. The molecular weight excluding hydrogens is 770 g/mol. The summed E-state index contributed by atoms with van der Waals surface area (Å²) in [5, 5.41) is 5.94. The highest BCUT2D eigenvalue weighted by Gasteiger charge is 2.17. The lowest BCUT2D eigenvalue weighted by Gasteiger charge is -2.12. The van der Waals surface area contributed by atoms with Gasteiger partial charge < -0.3 is 9.15 Å². The Morgan fingerprint density at radius 1 is 0.875 bits per heavy atom. The number of hydrogen-bond donors (Lipinski definition) is 0. The highest BCUT2D eigenvalue weighted by Crippen LogP contribution is 2.30. The van der Waals surface area contributed by atoms with Gasteiger partial charge in [0, 0.05) is 34.4 Å². The van der Waals surface area contributed by atoms with Crippen LogP contribution < -0.4 is 10.3 Å². The van der Waals surface area contributed by atoms with Crippen molar-refractivity contribution in [1.29, 1.82) is 0 Å². The Morgan fingerprint density at radius 2 is 1.62 bits per heavy atom. The van der Waals surface area contributed by atoms with Crippen LogP contribution >= 0.6 is 63.7 Å². The minimum absolute atomic E-state index is 0.295. The summed E-state index contributed by atoms with van der Waals surface area (Å²) >= 11 is 14.1. The summed E-state index contributed by atoms with van der Waals surface area (Å²) < 4.78 is 17.2. The zero-order chi connectivity index (χ0) is 27.8. The molecule has 4 aromatic carbocycles. The van der Waals surface area contributed by atoms with Crippen LogP contribution in [0.5, 0.6) is 5.75 Å². The maximum Gasteiger partial charge on any atom is 0.282 e. The molecule has 40 heavy (non-hydrogen) atoms. The topological polar surface area (TPSA) is 69.6 Å². The Hall–Kier alpha value is -3.05. The number of furan rings is 1. The summed E-state index contributed by atoms with van der Waals surface area (Å²) in [6, 6.07) is 26.3. The average molecular weight is 787 g/mol. The van der Waals surface area contributed by atoms with Gasteiger partial charge in [0.2, 0.25) is 5.82 Å². The van der Waals surface area contributed by atoms with E-state index in [1.165, 1.54) is 4.68 Å². The molecule has 0 amide bonds. The molecule has 0 spiro atoms. The van der Waals surface area contributed by atoms with E-state index in [4.69, 9.17) is 14.1 Å². The smallest absolute Gasteiger partial charge is 0.282 e. The van der Waals surface area contributed by atoms with E-state index in [2.05, 4.69) is 68.8 Å². The van der Waals surface area contributed by atoms with Crippen molar-refractivity contribution in [3.8, 4) is 17.3 Å². The number of halogens is 4. The van der Waals surface area contributed by atoms with E-state index in [0.717, 1.165) is 28.8 Å². The second-order valence-electron chi connectivity index (χ2n) is 8.81. The second kappa shape index (κ2) is 11.4. The minimum atomic E-state index is -0.310. The van der Waals surface area contributed by atoms with Crippen LogP contribution in [0, 0.1) is 0 Å². The van der Waals surface area contributed by atoms with Crippen LogP contribution in [0.25, 0.3) is 33.5 Å². The normalized spacial score (nSPS) is 11.6. The maximum absolute atomic E-state index is 13.7. The van der Waals surface area contributed by atoms with Crippen LogP contribution in [0.1, 0.15) is 11.1 Å². The molecule has 0 N–H and O–H groups in total. The van der Waals surface area contributed by atoms with Gasteiger partial charge in [-0.1, -0.05) is 81.9 Å². The van der Waals surface area contributed by atoms with E-state index in [9.17, 15) is 4.79 Å². The SMILES string of the molecule is O=c1c2ccccc2nc(-c2cc3cc(Br)ccc3o2)n1N=Cc1cc(Br)ccc1OCc1ccc(Br)cc1Br. The van der Waals surface area contributed by atoms with Gasteiger partial charge in [-0.3, -0.25) is 4.79 Å². The molecule has 0 aliphatic carbocycles. The lowest BCUT2D eigenvalue weighted by molar-refractivity contribution is 0.305. The second-order valence-corrected chi connectivity index (χ2v) is 12.4. The molecule has 0 saturated heterocycles. The number of aromatic nitrogens is 2. The van der Waals surface area contributed by atoms with E-state index in [1.54, 1.807) is 24.4 Å². The number of para-hydroxylation sites is 1. The number of rotatable bonds is 6. The molecule has 2 heterocycles. The molecule has 0 fully saturated rings. The third-order valence-electron chi connectivity index (χ3n) is 6.13. The van der Waals surface area contributed by atoms with Gasteiger partial charge in [-0.05, 0) is 66.7 Å². The molecule has 0 aliphatic heterocycles. The number of ether oxygens (including phenoxy) is 1. The summed E-state index contributed by atoms with van der Waals surface area (Å²) in [5.74, 6) is 1.33. The first-order valence-electron chi connectivity index (χ1n) is 12.0. The van der Waals surface area contributed by atoms with Gasteiger partial charge in [-0.15, -0.1) is 0 Å². The Labute approximate surface area is 262 Å². The van der Waals surface area contributed by atoms with Gasteiger partial charge in [0.1, 0.15) is 17.9 Å². The fraction of sp³-hybridized carbons (Fsp3) is 0.0333. The lowest BCUT2D eigenvalue weighted by atomic mass is 10.2. The summed E-state index contributed by atoms with van der Waals surface area (Å²) in [4.78, 5) is 18.4. The number of nitrogens with zero attached hydrogens (tertiary/aromatic N) is 3. The minimum Gasteiger partial charge on any atom is -0.488 e. The zero-order valence-electron chi connectivity index (χ0n) is 20.4.